The van der Waals surface area contributed by atoms with Gasteiger partial charge in [-0.05, 0) is 24.3 Å². The molecule has 0 spiro atoms. The van der Waals surface area contributed by atoms with Crippen molar-refractivity contribution in [3.63, 3.8) is 0 Å². The number of benzene rings is 1. The van der Waals surface area contributed by atoms with E-state index in [-0.39, 0.29) is 5.17 Å². The lowest BCUT2D eigenvalue weighted by Crippen LogP contribution is -2.08. The molecule has 70 valence electrons. The second-order valence-electron chi connectivity index (χ2n) is 2.83. The van der Waals surface area contributed by atoms with Gasteiger partial charge in [-0.1, -0.05) is 16.8 Å². The molecule has 0 unspecified atom stereocenters. The van der Waals surface area contributed by atoms with Gasteiger partial charge in [0.1, 0.15) is 0 Å². The van der Waals surface area contributed by atoms with Crippen LogP contribution in [0, 0.1) is 0 Å². The van der Waals surface area contributed by atoms with Crippen LogP contribution in [0.15, 0.2) is 29.4 Å². The van der Waals surface area contributed by atoms with E-state index in [0.29, 0.717) is 5.56 Å². The van der Waals surface area contributed by atoms with E-state index < -0.39 is 0 Å². The van der Waals surface area contributed by atoms with Crippen molar-refractivity contribution in [2.45, 2.75) is 0 Å². The average molecular weight is 199 g/mol. The molecule has 0 saturated heterocycles. The lowest BCUT2D eigenvalue weighted by atomic mass is 10.2. The second kappa shape index (κ2) is 4.14. The zero-order valence-corrected chi connectivity index (χ0v) is 8.28. The Morgan fingerprint density at radius 1 is 1.31 bits per heavy atom. The van der Waals surface area contributed by atoms with E-state index in [1.165, 1.54) is 0 Å². The number of oxime groups is 1. The summed E-state index contributed by atoms with van der Waals surface area (Å²) < 4.78 is 0. The molecule has 4 heteroatoms. The third-order valence-corrected chi connectivity index (χ3v) is 2.00. The van der Waals surface area contributed by atoms with E-state index in [1.54, 1.807) is 12.1 Å². The SMILES string of the molecule is CN(C)c1ccc(/C(Cl)=N\O)cc1. The first kappa shape index (κ1) is 9.86. The molecule has 0 aliphatic rings. The lowest BCUT2D eigenvalue weighted by molar-refractivity contribution is 0.321. The minimum Gasteiger partial charge on any atom is -0.410 e. The van der Waals surface area contributed by atoms with Crippen LogP contribution in [0.2, 0.25) is 0 Å². The molecule has 13 heavy (non-hydrogen) atoms. The van der Waals surface area contributed by atoms with Gasteiger partial charge in [0.2, 0.25) is 0 Å². The summed E-state index contributed by atoms with van der Waals surface area (Å²) in [4.78, 5) is 1.98. The molecular weight excluding hydrogens is 188 g/mol. The highest BCUT2D eigenvalue weighted by Crippen LogP contribution is 2.13. The molecule has 0 aromatic heterocycles. The molecule has 1 rings (SSSR count). The summed E-state index contributed by atoms with van der Waals surface area (Å²) in [7, 11) is 3.91. The van der Waals surface area contributed by atoms with Crippen LogP contribution in [0.4, 0.5) is 5.69 Å². The normalized spacial score (nSPS) is 11.5. The largest absolute Gasteiger partial charge is 0.410 e. The zero-order chi connectivity index (χ0) is 9.84. The van der Waals surface area contributed by atoms with Crippen molar-refractivity contribution in [3.05, 3.63) is 29.8 Å². The van der Waals surface area contributed by atoms with Crippen LogP contribution in [0.3, 0.4) is 0 Å². The second-order valence-corrected chi connectivity index (χ2v) is 3.19. The topological polar surface area (TPSA) is 35.8 Å². The van der Waals surface area contributed by atoms with Crippen LogP contribution >= 0.6 is 11.6 Å². The molecule has 1 aromatic rings. The summed E-state index contributed by atoms with van der Waals surface area (Å²) in [5.74, 6) is 0. The third-order valence-electron chi connectivity index (χ3n) is 1.71. The molecule has 0 radical (unpaired) electrons. The highest BCUT2D eigenvalue weighted by atomic mass is 35.5. The quantitative estimate of drug-likeness (QED) is 0.449. The van der Waals surface area contributed by atoms with Gasteiger partial charge in [0.15, 0.2) is 5.17 Å². The highest BCUT2D eigenvalue weighted by molar-refractivity contribution is 6.69. The maximum atomic E-state index is 8.41. The first-order valence-corrected chi connectivity index (χ1v) is 4.18. The van der Waals surface area contributed by atoms with Gasteiger partial charge in [-0.15, -0.1) is 0 Å². The van der Waals surface area contributed by atoms with E-state index in [2.05, 4.69) is 5.16 Å². The van der Waals surface area contributed by atoms with Gasteiger partial charge in [-0.25, -0.2) is 0 Å². The molecule has 0 aliphatic carbocycles. The van der Waals surface area contributed by atoms with Gasteiger partial charge in [-0.3, -0.25) is 0 Å². The number of nitrogens with zero attached hydrogens (tertiary/aromatic N) is 2. The zero-order valence-electron chi connectivity index (χ0n) is 7.53. The molecule has 0 amide bonds. The summed E-state index contributed by atoms with van der Waals surface area (Å²) in [6, 6.07) is 7.42. The Balaban J connectivity index is 2.94. The van der Waals surface area contributed by atoms with Crippen molar-refractivity contribution in [1.82, 2.24) is 0 Å². The van der Waals surface area contributed by atoms with Crippen LogP contribution in [0.1, 0.15) is 5.56 Å². The molecule has 3 nitrogen and oxygen atoms in total. The van der Waals surface area contributed by atoms with E-state index in [1.807, 2.05) is 31.1 Å². The molecule has 0 aliphatic heterocycles. The van der Waals surface area contributed by atoms with Crippen molar-refractivity contribution in [3.8, 4) is 0 Å². The Hall–Kier alpha value is -1.22. The average Bonchev–Trinajstić information content (AvgIpc) is 2.17. The van der Waals surface area contributed by atoms with Gasteiger partial charge >= 0.3 is 0 Å². The monoisotopic (exact) mass is 198 g/mol. The van der Waals surface area contributed by atoms with E-state index in [4.69, 9.17) is 16.8 Å². The molecule has 1 aromatic carbocycles. The first-order valence-electron chi connectivity index (χ1n) is 3.80. The van der Waals surface area contributed by atoms with Crippen LogP contribution in [-0.2, 0) is 0 Å². The lowest BCUT2D eigenvalue weighted by Gasteiger charge is -2.11. The summed E-state index contributed by atoms with van der Waals surface area (Å²) in [6.07, 6.45) is 0. The first-order chi connectivity index (χ1) is 6.15. The maximum Gasteiger partial charge on any atom is 0.175 e. The summed E-state index contributed by atoms with van der Waals surface area (Å²) in [5.41, 5.74) is 1.78. The Labute approximate surface area is 82.2 Å². The minimum atomic E-state index is 0.102. The number of halogens is 1. The highest BCUT2D eigenvalue weighted by Gasteiger charge is 2.00. The summed E-state index contributed by atoms with van der Waals surface area (Å²) >= 11 is 5.61. The Morgan fingerprint density at radius 3 is 2.23 bits per heavy atom. The smallest absolute Gasteiger partial charge is 0.175 e. The Kier molecular flexibility index (Phi) is 3.14. The minimum absolute atomic E-state index is 0.102. The molecule has 0 atom stereocenters. The molecular formula is C9H11ClN2O. The summed E-state index contributed by atoms with van der Waals surface area (Å²) in [6.45, 7) is 0. The molecule has 0 bridgehead atoms. The van der Waals surface area contributed by atoms with Crippen LogP contribution in [0.5, 0.6) is 0 Å². The van der Waals surface area contributed by atoms with Gasteiger partial charge in [-0.2, -0.15) is 0 Å². The number of rotatable bonds is 2. The van der Waals surface area contributed by atoms with Crippen LogP contribution in [0.25, 0.3) is 0 Å². The van der Waals surface area contributed by atoms with Gasteiger partial charge < -0.3 is 10.1 Å². The Bertz CT molecular complexity index is 306. The van der Waals surface area contributed by atoms with Crippen LogP contribution < -0.4 is 4.90 Å². The van der Waals surface area contributed by atoms with Crippen molar-refractivity contribution in [2.24, 2.45) is 5.16 Å². The van der Waals surface area contributed by atoms with Gasteiger partial charge in [0, 0.05) is 25.3 Å². The number of hydrogen-bond acceptors (Lipinski definition) is 3. The van der Waals surface area contributed by atoms with E-state index in [9.17, 15) is 0 Å². The number of hydrogen-bond donors (Lipinski definition) is 1. The fourth-order valence-corrected chi connectivity index (χ4v) is 1.08. The van der Waals surface area contributed by atoms with Crippen molar-refractivity contribution in [2.75, 3.05) is 19.0 Å². The van der Waals surface area contributed by atoms with Crippen molar-refractivity contribution < 1.29 is 5.21 Å². The third kappa shape index (κ3) is 2.36. The fraction of sp³-hybridized carbons (Fsp3) is 0.222. The molecule has 0 fully saturated rings. The number of anilines is 1. The van der Waals surface area contributed by atoms with E-state index >= 15 is 0 Å². The van der Waals surface area contributed by atoms with Crippen LogP contribution in [-0.4, -0.2) is 24.5 Å². The van der Waals surface area contributed by atoms with Gasteiger partial charge in [0.05, 0.1) is 0 Å². The predicted molar refractivity (Wildman–Crippen MR) is 54.9 cm³/mol. The predicted octanol–water partition coefficient (Wildman–Crippen LogP) is 2.13. The molecule has 0 saturated carbocycles. The van der Waals surface area contributed by atoms with E-state index in [0.717, 1.165) is 5.69 Å². The molecule has 0 heterocycles. The van der Waals surface area contributed by atoms with Crippen molar-refractivity contribution >= 4 is 22.5 Å². The standard InChI is InChI=1S/C9H11ClN2O/c1-12(2)8-5-3-7(4-6-8)9(10)11-13/h3-6,13H,1-2H3/b11-9+. The fourth-order valence-electron chi connectivity index (χ4n) is 0.955. The van der Waals surface area contributed by atoms with Gasteiger partial charge in [0.25, 0.3) is 0 Å². The maximum absolute atomic E-state index is 8.41. The Morgan fingerprint density at radius 2 is 1.85 bits per heavy atom. The summed E-state index contributed by atoms with van der Waals surface area (Å²) in [5, 5.41) is 11.4. The molecule has 1 N–H and O–H groups in total. The van der Waals surface area contributed by atoms with Crippen molar-refractivity contribution in [1.29, 1.82) is 0 Å².